The van der Waals surface area contributed by atoms with E-state index in [1.165, 1.54) is 6.92 Å². The Morgan fingerprint density at radius 3 is 2.62 bits per heavy atom. The lowest BCUT2D eigenvalue weighted by Crippen LogP contribution is -2.29. The second-order valence-electron chi connectivity index (χ2n) is 3.47. The highest BCUT2D eigenvalue weighted by molar-refractivity contribution is 5.77. The van der Waals surface area contributed by atoms with Crippen LogP contribution in [0.2, 0.25) is 0 Å². The summed E-state index contributed by atoms with van der Waals surface area (Å²) in [4.78, 5) is 21.7. The van der Waals surface area contributed by atoms with Gasteiger partial charge in [-0.3, -0.25) is 9.59 Å². The predicted molar refractivity (Wildman–Crippen MR) is 47.0 cm³/mol. The van der Waals surface area contributed by atoms with Gasteiger partial charge < -0.3 is 10.1 Å². The summed E-state index contributed by atoms with van der Waals surface area (Å²) in [6.45, 7) is 3.06. The molecule has 1 rings (SSSR count). The number of hydrogen-bond donors (Lipinski definition) is 1. The van der Waals surface area contributed by atoms with Crippen molar-refractivity contribution in [1.29, 1.82) is 0 Å². The highest BCUT2D eigenvalue weighted by atomic mass is 16.5. The van der Waals surface area contributed by atoms with Crippen molar-refractivity contribution < 1.29 is 14.3 Å². The maximum Gasteiger partial charge on any atom is 0.302 e. The molecule has 0 bridgehead atoms. The number of carbonyl (C=O) groups is 2. The summed E-state index contributed by atoms with van der Waals surface area (Å²) in [5.74, 6) is -0.372. The van der Waals surface area contributed by atoms with Crippen molar-refractivity contribution in [2.75, 3.05) is 0 Å². The van der Waals surface area contributed by atoms with Crippen molar-refractivity contribution in [3.8, 4) is 0 Å². The first kappa shape index (κ1) is 10.0. The molecule has 0 spiro atoms. The summed E-state index contributed by atoms with van der Waals surface area (Å²) in [6.07, 6.45) is 2.09. The molecule has 1 aliphatic carbocycles. The van der Waals surface area contributed by atoms with E-state index in [-0.39, 0.29) is 24.4 Å². The topological polar surface area (TPSA) is 55.4 Å². The van der Waals surface area contributed by atoms with E-state index in [4.69, 9.17) is 4.74 Å². The van der Waals surface area contributed by atoms with Crippen molar-refractivity contribution in [3.63, 3.8) is 0 Å². The Morgan fingerprint density at radius 2 is 2.15 bits per heavy atom. The average Bonchev–Trinajstić information content (AvgIpc) is 2.67. The van der Waals surface area contributed by atoms with E-state index in [2.05, 4.69) is 5.32 Å². The molecule has 4 heteroatoms. The minimum atomic E-state index is -0.341. The molecule has 1 unspecified atom stereocenters. The zero-order chi connectivity index (χ0) is 9.84. The Kier molecular flexibility index (Phi) is 3.28. The molecule has 1 N–H and O–H groups in total. The highest BCUT2D eigenvalue weighted by Gasteiger charge is 2.24. The minimum Gasteiger partial charge on any atom is -0.462 e. The van der Waals surface area contributed by atoms with Crippen molar-refractivity contribution in [2.45, 2.75) is 45.3 Å². The molecule has 0 aromatic rings. The van der Waals surface area contributed by atoms with Crippen molar-refractivity contribution in [1.82, 2.24) is 5.32 Å². The molecule has 0 aromatic carbocycles. The van der Waals surface area contributed by atoms with Gasteiger partial charge in [-0.1, -0.05) is 0 Å². The van der Waals surface area contributed by atoms with Gasteiger partial charge in [-0.05, 0) is 19.8 Å². The van der Waals surface area contributed by atoms with Crippen LogP contribution in [0.15, 0.2) is 0 Å². The molecule has 0 aromatic heterocycles. The molecule has 1 atom stereocenters. The number of amides is 1. The van der Waals surface area contributed by atoms with Crippen LogP contribution in [0.25, 0.3) is 0 Å². The van der Waals surface area contributed by atoms with Gasteiger partial charge in [0.2, 0.25) is 5.91 Å². The van der Waals surface area contributed by atoms with Crippen LogP contribution in [0.4, 0.5) is 0 Å². The van der Waals surface area contributed by atoms with E-state index in [9.17, 15) is 9.59 Å². The molecule has 0 saturated heterocycles. The highest BCUT2D eigenvalue weighted by Crippen LogP contribution is 2.18. The lowest BCUT2D eigenvalue weighted by atomic mass is 10.2. The Bertz CT molecular complexity index is 211. The second-order valence-corrected chi connectivity index (χ2v) is 3.47. The van der Waals surface area contributed by atoms with E-state index in [1.807, 2.05) is 0 Å². The monoisotopic (exact) mass is 185 g/mol. The third kappa shape index (κ3) is 4.50. The Morgan fingerprint density at radius 1 is 1.54 bits per heavy atom. The molecule has 1 amide bonds. The van der Waals surface area contributed by atoms with Crippen LogP contribution in [0, 0.1) is 0 Å². The number of hydrogen-bond acceptors (Lipinski definition) is 3. The summed E-state index contributed by atoms with van der Waals surface area (Å²) in [6, 6.07) is 0.372. The molecule has 0 radical (unpaired) electrons. The Labute approximate surface area is 77.6 Å². The molecular formula is C9H15NO3. The first-order valence-corrected chi connectivity index (χ1v) is 4.54. The Hall–Kier alpha value is -1.06. The summed E-state index contributed by atoms with van der Waals surface area (Å²) >= 11 is 0. The van der Waals surface area contributed by atoms with Gasteiger partial charge in [-0.2, -0.15) is 0 Å². The molecule has 74 valence electrons. The normalized spacial score (nSPS) is 17.7. The molecule has 1 aliphatic rings. The average molecular weight is 185 g/mol. The molecule has 13 heavy (non-hydrogen) atoms. The van der Waals surface area contributed by atoms with Gasteiger partial charge in [0.15, 0.2) is 0 Å². The zero-order valence-corrected chi connectivity index (χ0v) is 8.00. The van der Waals surface area contributed by atoms with Gasteiger partial charge in [0, 0.05) is 13.0 Å². The minimum absolute atomic E-state index is 0.0312. The fourth-order valence-corrected chi connectivity index (χ4v) is 1.10. The standard InChI is InChI=1S/C9H15NO3/c1-6(13-7(2)11)5-9(12)10-8-3-4-8/h6,8H,3-5H2,1-2H3,(H,10,12). The number of nitrogens with one attached hydrogen (secondary N) is 1. The van der Waals surface area contributed by atoms with Crippen molar-refractivity contribution in [3.05, 3.63) is 0 Å². The smallest absolute Gasteiger partial charge is 0.302 e. The van der Waals surface area contributed by atoms with E-state index in [1.54, 1.807) is 6.92 Å². The largest absolute Gasteiger partial charge is 0.462 e. The van der Waals surface area contributed by atoms with Crippen LogP contribution in [-0.2, 0) is 14.3 Å². The van der Waals surface area contributed by atoms with Crippen LogP contribution in [-0.4, -0.2) is 24.0 Å². The fourth-order valence-electron chi connectivity index (χ4n) is 1.10. The number of rotatable bonds is 4. The maximum absolute atomic E-state index is 11.2. The SMILES string of the molecule is CC(=O)OC(C)CC(=O)NC1CC1. The van der Waals surface area contributed by atoms with Crippen molar-refractivity contribution >= 4 is 11.9 Å². The molecule has 0 heterocycles. The molecular weight excluding hydrogens is 170 g/mol. The van der Waals surface area contributed by atoms with E-state index in [0.717, 1.165) is 12.8 Å². The summed E-state index contributed by atoms with van der Waals surface area (Å²) in [5, 5.41) is 2.83. The lowest BCUT2D eigenvalue weighted by Gasteiger charge is -2.11. The van der Waals surface area contributed by atoms with Gasteiger partial charge in [-0.25, -0.2) is 0 Å². The van der Waals surface area contributed by atoms with Gasteiger partial charge >= 0.3 is 5.97 Å². The van der Waals surface area contributed by atoms with Gasteiger partial charge in [0.1, 0.15) is 6.10 Å². The van der Waals surface area contributed by atoms with Gasteiger partial charge in [-0.15, -0.1) is 0 Å². The third-order valence-corrected chi connectivity index (χ3v) is 1.78. The number of ether oxygens (including phenoxy) is 1. The number of esters is 1. The van der Waals surface area contributed by atoms with Gasteiger partial charge in [0.25, 0.3) is 0 Å². The third-order valence-electron chi connectivity index (χ3n) is 1.78. The zero-order valence-electron chi connectivity index (χ0n) is 8.00. The molecule has 1 fully saturated rings. The van der Waals surface area contributed by atoms with E-state index in [0.29, 0.717) is 6.04 Å². The summed E-state index contributed by atoms with van der Waals surface area (Å²) in [7, 11) is 0. The predicted octanol–water partition coefficient (Wildman–Crippen LogP) is 0.607. The second kappa shape index (κ2) is 4.25. The van der Waals surface area contributed by atoms with Crippen LogP contribution >= 0.6 is 0 Å². The van der Waals surface area contributed by atoms with Crippen LogP contribution in [0.3, 0.4) is 0 Å². The Balaban J connectivity index is 2.13. The van der Waals surface area contributed by atoms with E-state index >= 15 is 0 Å². The molecule has 0 aliphatic heterocycles. The van der Waals surface area contributed by atoms with E-state index < -0.39 is 0 Å². The fraction of sp³-hybridized carbons (Fsp3) is 0.778. The summed E-state index contributed by atoms with van der Waals surface area (Å²) < 4.78 is 4.82. The van der Waals surface area contributed by atoms with Crippen molar-refractivity contribution in [2.24, 2.45) is 0 Å². The molecule has 4 nitrogen and oxygen atoms in total. The maximum atomic E-state index is 11.2. The van der Waals surface area contributed by atoms with Crippen LogP contribution < -0.4 is 5.32 Å². The first-order chi connectivity index (χ1) is 6.08. The lowest BCUT2D eigenvalue weighted by molar-refractivity contribution is -0.146. The first-order valence-electron chi connectivity index (χ1n) is 4.54. The van der Waals surface area contributed by atoms with Gasteiger partial charge in [0.05, 0.1) is 6.42 Å². The summed E-state index contributed by atoms with van der Waals surface area (Å²) in [5.41, 5.74) is 0. The molecule has 1 saturated carbocycles. The number of carbonyl (C=O) groups excluding carboxylic acids is 2. The quantitative estimate of drug-likeness (QED) is 0.653. The van der Waals surface area contributed by atoms with Crippen LogP contribution in [0.1, 0.15) is 33.1 Å². The van der Waals surface area contributed by atoms with Crippen LogP contribution in [0.5, 0.6) is 0 Å².